The molecule has 0 radical (unpaired) electrons. The molecule has 4 rings (SSSR count). The summed E-state index contributed by atoms with van der Waals surface area (Å²) in [7, 11) is 0. The van der Waals surface area contributed by atoms with Gasteiger partial charge in [-0.25, -0.2) is 9.07 Å². The molecule has 1 amide bonds. The van der Waals surface area contributed by atoms with Crippen LogP contribution in [-0.2, 0) is 9.59 Å². The zero-order valence-corrected chi connectivity index (χ0v) is 17.0. The Bertz CT molecular complexity index is 1190. The van der Waals surface area contributed by atoms with E-state index in [0.29, 0.717) is 16.8 Å². The lowest BCUT2D eigenvalue weighted by molar-refractivity contribution is -0.140. The number of thioether (sulfide) groups is 1. The molecule has 1 saturated heterocycles. The van der Waals surface area contributed by atoms with Crippen molar-refractivity contribution in [3.63, 3.8) is 0 Å². The summed E-state index contributed by atoms with van der Waals surface area (Å²) in [6.45, 7) is -0.508. The quantitative estimate of drug-likeness (QED) is 0.479. The predicted octanol–water partition coefficient (Wildman–Crippen LogP) is 3.96. The number of aromatic nitrogens is 2. The lowest BCUT2D eigenvalue weighted by Gasteiger charge is -2.10. The monoisotopic (exact) mass is 439 g/mol. The summed E-state index contributed by atoms with van der Waals surface area (Å²) in [5.41, 5.74) is 1.94. The van der Waals surface area contributed by atoms with Gasteiger partial charge >= 0.3 is 5.97 Å². The largest absolute Gasteiger partial charge is 0.480 e. The van der Waals surface area contributed by atoms with Crippen LogP contribution in [0.5, 0.6) is 0 Å². The van der Waals surface area contributed by atoms with Crippen molar-refractivity contribution in [2.45, 2.75) is 0 Å². The molecule has 0 saturated carbocycles. The number of rotatable bonds is 5. The van der Waals surface area contributed by atoms with Crippen LogP contribution in [0, 0.1) is 5.82 Å². The maximum Gasteiger partial charge on any atom is 0.323 e. The molecule has 1 aliphatic heterocycles. The molecule has 1 aromatic heterocycles. The van der Waals surface area contributed by atoms with E-state index in [2.05, 4.69) is 5.10 Å². The zero-order chi connectivity index (χ0) is 21.3. The van der Waals surface area contributed by atoms with Crippen molar-refractivity contribution in [1.82, 2.24) is 14.7 Å². The molecule has 9 heteroatoms. The van der Waals surface area contributed by atoms with Crippen LogP contribution in [0.2, 0.25) is 0 Å². The van der Waals surface area contributed by atoms with Gasteiger partial charge in [-0.1, -0.05) is 54.3 Å². The van der Waals surface area contributed by atoms with Crippen LogP contribution in [0.15, 0.2) is 65.7 Å². The number of benzene rings is 2. The van der Waals surface area contributed by atoms with E-state index in [1.54, 1.807) is 35.2 Å². The normalized spacial score (nSPS) is 15.2. The van der Waals surface area contributed by atoms with Crippen molar-refractivity contribution in [2.24, 2.45) is 0 Å². The van der Waals surface area contributed by atoms with E-state index in [9.17, 15) is 14.0 Å². The number of amides is 1. The van der Waals surface area contributed by atoms with E-state index in [4.69, 9.17) is 17.3 Å². The minimum absolute atomic E-state index is 0.163. The molecule has 2 aromatic carbocycles. The third kappa shape index (κ3) is 3.89. The number of para-hydroxylation sites is 1. The van der Waals surface area contributed by atoms with Gasteiger partial charge in [0.25, 0.3) is 5.91 Å². The predicted molar refractivity (Wildman–Crippen MR) is 116 cm³/mol. The van der Waals surface area contributed by atoms with Gasteiger partial charge in [-0.15, -0.1) is 0 Å². The fraction of sp³-hybridized carbons (Fsp3) is 0.0476. The Labute approximate surface area is 180 Å². The molecule has 1 fully saturated rings. The van der Waals surface area contributed by atoms with E-state index >= 15 is 0 Å². The molecular formula is C21H14FN3O3S2. The maximum absolute atomic E-state index is 14.5. The number of hydrogen-bond donors (Lipinski definition) is 1. The number of carbonyl (C=O) groups is 2. The van der Waals surface area contributed by atoms with Crippen molar-refractivity contribution >= 4 is 46.3 Å². The van der Waals surface area contributed by atoms with Gasteiger partial charge in [0.15, 0.2) is 0 Å². The maximum atomic E-state index is 14.5. The summed E-state index contributed by atoms with van der Waals surface area (Å²) in [6, 6.07) is 15.5. The van der Waals surface area contributed by atoms with E-state index in [-0.39, 0.29) is 9.23 Å². The van der Waals surface area contributed by atoms with E-state index in [1.165, 1.54) is 6.07 Å². The average molecular weight is 439 g/mol. The third-order valence-corrected chi connectivity index (χ3v) is 5.72. The highest BCUT2D eigenvalue weighted by Gasteiger charge is 2.33. The van der Waals surface area contributed by atoms with Gasteiger partial charge in [-0.2, -0.15) is 5.10 Å². The number of nitrogens with zero attached hydrogens (tertiary/aromatic N) is 3. The van der Waals surface area contributed by atoms with Crippen molar-refractivity contribution < 1.29 is 19.1 Å². The van der Waals surface area contributed by atoms with Gasteiger partial charge in [-0.3, -0.25) is 14.5 Å². The number of carboxylic acid groups (broad SMARTS) is 1. The molecule has 0 aliphatic carbocycles. The summed E-state index contributed by atoms with van der Waals surface area (Å²) in [5, 5.41) is 13.5. The van der Waals surface area contributed by atoms with Gasteiger partial charge in [-0.05, 0) is 30.3 Å². The number of aliphatic carboxylic acids is 1. The number of carboxylic acids is 1. The molecule has 150 valence electrons. The molecule has 30 heavy (non-hydrogen) atoms. The number of hydrogen-bond acceptors (Lipinski definition) is 5. The van der Waals surface area contributed by atoms with Gasteiger partial charge in [0.2, 0.25) is 0 Å². The number of halogens is 1. The van der Waals surface area contributed by atoms with Crippen LogP contribution in [0.3, 0.4) is 0 Å². The van der Waals surface area contributed by atoms with Crippen LogP contribution < -0.4 is 0 Å². The Kier molecular flexibility index (Phi) is 5.47. The summed E-state index contributed by atoms with van der Waals surface area (Å²) in [6.07, 6.45) is 3.26. The third-order valence-electron chi connectivity index (χ3n) is 4.35. The second-order valence-corrected chi connectivity index (χ2v) is 8.03. The summed E-state index contributed by atoms with van der Waals surface area (Å²) < 4.78 is 16.3. The van der Waals surface area contributed by atoms with Crippen molar-refractivity contribution in [1.29, 1.82) is 0 Å². The lowest BCUT2D eigenvalue weighted by Crippen LogP contribution is -2.33. The second-order valence-electron chi connectivity index (χ2n) is 6.35. The second kappa shape index (κ2) is 8.21. The van der Waals surface area contributed by atoms with Crippen LogP contribution in [0.1, 0.15) is 5.56 Å². The minimum atomic E-state index is -1.16. The standard InChI is InChI=1S/C21H14FN3O3S2/c22-16-9-5-4-8-15(16)19-13(11-25(23-19)14-6-2-1-3-7-14)10-17-20(28)24(12-18(26)27)21(29)30-17/h1-11H,12H2,(H,26,27)/b17-10-. The van der Waals surface area contributed by atoms with Crippen LogP contribution >= 0.6 is 24.0 Å². The minimum Gasteiger partial charge on any atom is -0.480 e. The zero-order valence-electron chi connectivity index (χ0n) is 15.4. The molecule has 0 spiro atoms. The Balaban J connectivity index is 1.81. The summed E-state index contributed by atoms with van der Waals surface area (Å²) in [5.74, 6) is -2.10. The first-order chi connectivity index (χ1) is 14.4. The van der Waals surface area contributed by atoms with Crippen LogP contribution in [-0.4, -0.2) is 42.5 Å². The molecular weight excluding hydrogens is 425 g/mol. The van der Waals surface area contributed by atoms with Gasteiger partial charge in [0, 0.05) is 17.3 Å². The first-order valence-electron chi connectivity index (χ1n) is 8.81. The first-order valence-corrected chi connectivity index (χ1v) is 10.0. The lowest BCUT2D eigenvalue weighted by atomic mass is 10.1. The molecule has 3 aromatic rings. The van der Waals surface area contributed by atoms with Crippen molar-refractivity contribution in [3.8, 4) is 16.9 Å². The highest BCUT2D eigenvalue weighted by atomic mass is 32.2. The fourth-order valence-corrected chi connectivity index (χ4v) is 4.23. The molecule has 1 aliphatic rings. The molecule has 6 nitrogen and oxygen atoms in total. The van der Waals surface area contributed by atoms with Gasteiger partial charge < -0.3 is 5.11 Å². The highest BCUT2D eigenvalue weighted by Crippen LogP contribution is 2.35. The molecule has 0 bridgehead atoms. The Morgan fingerprint density at radius 2 is 1.87 bits per heavy atom. The smallest absolute Gasteiger partial charge is 0.323 e. The average Bonchev–Trinajstić information content (AvgIpc) is 3.25. The SMILES string of the molecule is O=C(O)CN1C(=O)/C(=C/c2cn(-c3ccccc3)nc2-c2ccccc2F)SC1=S. The van der Waals surface area contributed by atoms with Crippen LogP contribution in [0.25, 0.3) is 23.0 Å². The van der Waals surface area contributed by atoms with Gasteiger partial charge in [0.05, 0.1) is 10.6 Å². The highest BCUT2D eigenvalue weighted by molar-refractivity contribution is 8.26. The molecule has 0 unspecified atom stereocenters. The number of thiocarbonyl (C=S) groups is 1. The molecule has 1 N–H and O–H groups in total. The summed E-state index contributed by atoms with van der Waals surface area (Å²) in [4.78, 5) is 24.9. The van der Waals surface area contributed by atoms with E-state index < -0.39 is 24.2 Å². The molecule has 0 atom stereocenters. The van der Waals surface area contributed by atoms with E-state index in [0.717, 1.165) is 22.3 Å². The fourth-order valence-electron chi connectivity index (χ4n) is 2.98. The van der Waals surface area contributed by atoms with Crippen LogP contribution in [0.4, 0.5) is 4.39 Å². The topological polar surface area (TPSA) is 75.4 Å². The first kappa shape index (κ1) is 20.0. The van der Waals surface area contributed by atoms with E-state index in [1.807, 2.05) is 30.3 Å². The Morgan fingerprint density at radius 3 is 2.57 bits per heavy atom. The molecule has 2 heterocycles. The summed E-state index contributed by atoms with van der Waals surface area (Å²) >= 11 is 6.15. The van der Waals surface area contributed by atoms with Crippen molar-refractivity contribution in [2.75, 3.05) is 6.54 Å². The van der Waals surface area contributed by atoms with Crippen molar-refractivity contribution in [3.05, 3.63) is 77.1 Å². The van der Waals surface area contributed by atoms with Gasteiger partial charge in [0.1, 0.15) is 22.4 Å². The number of carbonyl (C=O) groups excluding carboxylic acids is 1. The Hall–Kier alpha value is -3.30. The Morgan fingerprint density at radius 1 is 1.17 bits per heavy atom.